The summed E-state index contributed by atoms with van der Waals surface area (Å²) in [6.45, 7) is 6.52. The summed E-state index contributed by atoms with van der Waals surface area (Å²) in [4.78, 5) is 18.2. The van der Waals surface area contributed by atoms with Gasteiger partial charge in [-0.15, -0.1) is 0 Å². The second-order valence-electron chi connectivity index (χ2n) is 9.38. The molecule has 0 bridgehead atoms. The zero-order valence-corrected chi connectivity index (χ0v) is 20.9. The van der Waals surface area contributed by atoms with Crippen LogP contribution < -0.4 is 20.3 Å². The quantitative estimate of drug-likeness (QED) is 0.475. The molecule has 0 saturated carbocycles. The standard InChI is InChI=1S/C25H30ClN7O2/c1-25(15-34)14-29-23-17(25)10-16(13-28-23)19-4-5-27-24(30-19)31-20-11-18(26)21(12-22(20)35-3)33-8-6-32(2)7-9-33/h4-5,10-13,34H,6-9,14-15H2,1-3H3,(H,28,29)(H,27,30,31). The molecule has 9 nitrogen and oxygen atoms in total. The number of nitrogens with zero attached hydrogens (tertiary/aromatic N) is 5. The van der Waals surface area contributed by atoms with E-state index < -0.39 is 0 Å². The molecule has 2 aromatic heterocycles. The minimum Gasteiger partial charge on any atom is -0.494 e. The van der Waals surface area contributed by atoms with Crippen molar-refractivity contribution >= 4 is 34.7 Å². The molecule has 4 heterocycles. The maximum atomic E-state index is 9.90. The van der Waals surface area contributed by atoms with Crippen molar-refractivity contribution in [2.75, 3.05) is 69.0 Å². The number of hydrogen-bond donors (Lipinski definition) is 3. The fraction of sp³-hybridized carbons (Fsp3) is 0.400. The molecule has 1 fully saturated rings. The second kappa shape index (κ2) is 9.49. The molecule has 35 heavy (non-hydrogen) atoms. The lowest BCUT2D eigenvalue weighted by atomic mass is 9.85. The number of rotatable bonds is 6. The molecule has 3 N–H and O–H groups in total. The van der Waals surface area contributed by atoms with Gasteiger partial charge in [0.25, 0.3) is 0 Å². The highest BCUT2D eigenvalue weighted by Gasteiger charge is 2.35. The summed E-state index contributed by atoms with van der Waals surface area (Å²) in [6, 6.07) is 7.70. The topological polar surface area (TPSA) is 98.7 Å². The van der Waals surface area contributed by atoms with E-state index in [0.717, 1.165) is 54.5 Å². The number of aliphatic hydroxyl groups is 1. The van der Waals surface area contributed by atoms with Gasteiger partial charge in [0.2, 0.25) is 5.95 Å². The average Bonchev–Trinajstić information content (AvgIpc) is 3.21. The Labute approximate surface area is 210 Å². The van der Waals surface area contributed by atoms with Gasteiger partial charge >= 0.3 is 0 Å². The lowest BCUT2D eigenvalue weighted by Crippen LogP contribution is -2.44. The van der Waals surface area contributed by atoms with E-state index in [9.17, 15) is 5.11 Å². The minimum atomic E-state index is -0.373. The van der Waals surface area contributed by atoms with Crippen molar-refractivity contribution in [3.63, 3.8) is 0 Å². The number of halogens is 1. The van der Waals surface area contributed by atoms with Gasteiger partial charge in [-0.3, -0.25) is 0 Å². The molecule has 0 aliphatic carbocycles. The Hall–Kier alpha value is -3.14. The predicted octanol–water partition coefficient (Wildman–Crippen LogP) is 3.37. The number of pyridine rings is 1. The van der Waals surface area contributed by atoms with Gasteiger partial charge in [-0.2, -0.15) is 0 Å². The third kappa shape index (κ3) is 4.59. The van der Waals surface area contributed by atoms with Crippen LogP contribution in [0.1, 0.15) is 12.5 Å². The van der Waals surface area contributed by atoms with E-state index in [4.69, 9.17) is 21.3 Å². The smallest absolute Gasteiger partial charge is 0.227 e. The number of aromatic nitrogens is 3. The molecule has 0 spiro atoms. The number of anilines is 4. The van der Waals surface area contributed by atoms with Gasteiger partial charge in [-0.05, 0) is 25.2 Å². The van der Waals surface area contributed by atoms with Crippen LogP contribution in [0.25, 0.3) is 11.3 Å². The van der Waals surface area contributed by atoms with Gasteiger partial charge in [0.05, 0.1) is 35.8 Å². The maximum Gasteiger partial charge on any atom is 0.227 e. The first-order chi connectivity index (χ1) is 16.9. The number of likely N-dealkylation sites (N-methyl/N-ethyl adjacent to an activating group) is 1. The number of fused-ring (bicyclic) bond motifs is 1. The summed E-state index contributed by atoms with van der Waals surface area (Å²) in [6.07, 6.45) is 3.48. The highest BCUT2D eigenvalue weighted by atomic mass is 35.5. The highest BCUT2D eigenvalue weighted by molar-refractivity contribution is 6.33. The molecule has 0 amide bonds. The Bertz CT molecular complexity index is 1230. The SMILES string of the molecule is COc1cc(N2CCN(C)CC2)c(Cl)cc1Nc1nccc(-c2cnc3c(c2)C(C)(CO)CN3)n1. The number of nitrogens with one attached hydrogen (secondary N) is 2. The van der Waals surface area contributed by atoms with Crippen LogP contribution in [0.3, 0.4) is 0 Å². The Kier molecular flexibility index (Phi) is 6.39. The van der Waals surface area contributed by atoms with Crippen LogP contribution in [0.4, 0.5) is 23.1 Å². The van der Waals surface area contributed by atoms with Crippen LogP contribution in [-0.4, -0.2) is 78.4 Å². The Balaban J connectivity index is 1.41. The van der Waals surface area contributed by atoms with Crippen LogP contribution in [0, 0.1) is 0 Å². The van der Waals surface area contributed by atoms with E-state index in [1.807, 2.05) is 31.2 Å². The number of ether oxygens (including phenoxy) is 1. The fourth-order valence-corrected chi connectivity index (χ4v) is 4.80. The maximum absolute atomic E-state index is 9.90. The van der Waals surface area contributed by atoms with Gasteiger partial charge in [-0.1, -0.05) is 18.5 Å². The van der Waals surface area contributed by atoms with E-state index in [0.29, 0.717) is 29.0 Å². The van der Waals surface area contributed by atoms with Gasteiger partial charge in [0.1, 0.15) is 11.6 Å². The minimum absolute atomic E-state index is 0.0411. The molecule has 3 aromatic rings. The highest BCUT2D eigenvalue weighted by Crippen LogP contribution is 2.39. The molecule has 0 radical (unpaired) electrons. The van der Waals surface area contributed by atoms with Crippen LogP contribution in [-0.2, 0) is 5.41 Å². The monoisotopic (exact) mass is 495 g/mol. The molecule has 5 rings (SSSR count). The molecule has 2 aliphatic heterocycles. The average molecular weight is 496 g/mol. The number of benzene rings is 1. The van der Waals surface area contributed by atoms with Crippen LogP contribution >= 0.6 is 11.6 Å². The van der Waals surface area contributed by atoms with E-state index >= 15 is 0 Å². The number of piperazine rings is 1. The van der Waals surface area contributed by atoms with Gasteiger partial charge < -0.3 is 30.3 Å². The summed E-state index contributed by atoms with van der Waals surface area (Å²) in [5.41, 5.74) is 3.84. The number of hydrogen-bond acceptors (Lipinski definition) is 9. The molecule has 1 aromatic carbocycles. The lowest BCUT2D eigenvalue weighted by molar-refractivity contribution is 0.218. The lowest BCUT2D eigenvalue weighted by Gasteiger charge is -2.34. The van der Waals surface area contributed by atoms with Gasteiger partial charge in [0.15, 0.2) is 0 Å². The summed E-state index contributed by atoms with van der Waals surface area (Å²) >= 11 is 6.69. The van der Waals surface area contributed by atoms with Gasteiger partial charge in [-0.25, -0.2) is 15.0 Å². The zero-order valence-electron chi connectivity index (χ0n) is 20.2. The largest absolute Gasteiger partial charge is 0.494 e. The van der Waals surface area contributed by atoms with Crippen molar-refractivity contribution in [1.29, 1.82) is 0 Å². The number of methoxy groups -OCH3 is 1. The van der Waals surface area contributed by atoms with E-state index in [1.54, 1.807) is 19.5 Å². The van der Waals surface area contributed by atoms with E-state index in [-0.39, 0.29) is 12.0 Å². The first-order valence-electron chi connectivity index (χ1n) is 11.7. The van der Waals surface area contributed by atoms with Crippen LogP contribution in [0.5, 0.6) is 5.75 Å². The molecule has 1 saturated heterocycles. The fourth-order valence-electron chi connectivity index (χ4n) is 4.52. The Morgan fingerprint density at radius 1 is 1.20 bits per heavy atom. The molecule has 184 valence electrons. The van der Waals surface area contributed by atoms with Crippen molar-refractivity contribution < 1.29 is 9.84 Å². The third-order valence-corrected chi connectivity index (χ3v) is 7.15. The van der Waals surface area contributed by atoms with Crippen molar-refractivity contribution in [3.8, 4) is 17.0 Å². The van der Waals surface area contributed by atoms with E-state index in [1.165, 1.54) is 0 Å². The number of aliphatic hydroxyl groups excluding tert-OH is 1. The molecule has 10 heteroatoms. The zero-order chi connectivity index (χ0) is 24.6. The van der Waals surface area contributed by atoms with E-state index in [2.05, 4.69) is 37.4 Å². The van der Waals surface area contributed by atoms with Crippen molar-refractivity contribution in [2.45, 2.75) is 12.3 Å². The normalized spacial score (nSPS) is 19.9. The van der Waals surface area contributed by atoms with Crippen LogP contribution in [0.15, 0.2) is 36.7 Å². The van der Waals surface area contributed by atoms with Crippen molar-refractivity contribution in [2.24, 2.45) is 0 Å². The Morgan fingerprint density at radius 2 is 2.00 bits per heavy atom. The summed E-state index contributed by atoms with van der Waals surface area (Å²) in [5, 5.41) is 17.1. The third-order valence-electron chi connectivity index (χ3n) is 6.84. The molecule has 1 unspecified atom stereocenters. The molecule has 2 aliphatic rings. The summed E-state index contributed by atoms with van der Waals surface area (Å²) in [5.74, 6) is 1.89. The first-order valence-corrected chi connectivity index (χ1v) is 12.0. The summed E-state index contributed by atoms with van der Waals surface area (Å²) in [7, 11) is 3.77. The van der Waals surface area contributed by atoms with Crippen LogP contribution in [0.2, 0.25) is 5.02 Å². The molecular weight excluding hydrogens is 466 g/mol. The molecule has 1 atom stereocenters. The summed E-state index contributed by atoms with van der Waals surface area (Å²) < 4.78 is 5.67. The van der Waals surface area contributed by atoms with Crippen molar-refractivity contribution in [1.82, 2.24) is 19.9 Å². The second-order valence-corrected chi connectivity index (χ2v) is 9.78. The Morgan fingerprint density at radius 3 is 2.74 bits per heavy atom. The molecular formula is C25H30ClN7O2. The van der Waals surface area contributed by atoms with Gasteiger partial charge in [0, 0.05) is 67.7 Å². The first kappa shape index (κ1) is 23.6. The predicted molar refractivity (Wildman–Crippen MR) is 139 cm³/mol. The van der Waals surface area contributed by atoms with Crippen molar-refractivity contribution in [3.05, 3.63) is 47.2 Å².